The number of hydrogen-bond donors (Lipinski definition) is 3. The fraction of sp³-hybridized carbons (Fsp3) is 0.333. The minimum Gasteiger partial charge on any atom is -0.383 e. The van der Waals surface area contributed by atoms with Crippen molar-refractivity contribution in [3.8, 4) is 11.1 Å². The number of benzene rings is 2. The second-order valence-corrected chi connectivity index (χ2v) is 11.5. The van der Waals surface area contributed by atoms with Gasteiger partial charge in [-0.05, 0) is 67.6 Å². The molecule has 0 unspecified atom stereocenters. The summed E-state index contributed by atoms with van der Waals surface area (Å²) in [6.45, 7) is 3.81. The Morgan fingerprint density at radius 3 is 2.59 bits per heavy atom. The maximum atomic E-state index is 12.5. The van der Waals surface area contributed by atoms with E-state index >= 15 is 0 Å². The lowest BCUT2D eigenvalue weighted by Gasteiger charge is -2.42. The molecule has 6 rings (SSSR count). The number of nitrogens with one attached hydrogen (secondary N) is 2. The lowest BCUT2D eigenvalue weighted by molar-refractivity contribution is 0.0921. The summed E-state index contributed by atoms with van der Waals surface area (Å²) in [6, 6.07) is 17.0. The van der Waals surface area contributed by atoms with Crippen LogP contribution < -0.4 is 15.2 Å². The van der Waals surface area contributed by atoms with E-state index in [0.717, 1.165) is 46.5 Å². The van der Waals surface area contributed by atoms with Gasteiger partial charge in [-0.2, -0.15) is 13.1 Å². The van der Waals surface area contributed by atoms with Crippen LogP contribution >= 0.6 is 0 Å². The zero-order valence-corrected chi connectivity index (χ0v) is 21.4. The van der Waals surface area contributed by atoms with Crippen molar-refractivity contribution in [3.63, 3.8) is 0 Å². The molecule has 2 aliphatic rings. The van der Waals surface area contributed by atoms with Crippen molar-refractivity contribution in [1.82, 2.24) is 24.2 Å². The van der Waals surface area contributed by atoms with Crippen LogP contribution in [0.3, 0.4) is 0 Å². The number of hydrogen-bond acceptors (Lipinski definition) is 6. The standard InChI is InChI=1S/C27H31N7O2S/c28-26-25-24(17-34(27(25)30-18-29-26)23-13-20(14-23)16-33-10-5-11-33)21-7-4-6-19(12-21)15-31-37(35,36)32-22-8-2-1-3-9-22/h1-4,6-9,12,17-18,20,23,31-32H,5,10-11,13-16H2,(H2,28,29,30). The molecule has 4 N–H and O–H groups in total. The maximum Gasteiger partial charge on any atom is 0.299 e. The van der Waals surface area contributed by atoms with E-state index in [2.05, 4.69) is 35.1 Å². The monoisotopic (exact) mass is 517 g/mol. The van der Waals surface area contributed by atoms with Crippen molar-refractivity contribution in [2.24, 2.45) is 5.92 Å². The number of nitrogen functional groups attached to an aromatic ring is 1. The molecule has 0 amide bonds. The number of anilines is 2. The van der Waals surface area contributed by atoms with Gasteiger partial charge in [0.05, 0.1) is 5.39 Å². The molecule has 0 spiro atoms. The average molecular weight is 518 g/mol. The largest absolute Gasteiger partial charge is 0.383 e. The molecule has 2 fully saturated rings. The van der Waals surface area contributed by atoms with Crippen LogP contribution in [0.15, 0.2) is 67.1 Å². The molecule has 2 aromatic carbocycles. The second-order valence-electron chi connectivity index (χ2n) is 10.0. The Balaban J connectivity index is 1.22. The summed E-state index contributed by atoms with van der Waals surface area (Å²) in [6.07, 6.45) is 7.27. The third-order valence-corrected chi connectivity index (χ3v) is 8.47. The highest BCUT2D eigenvalue weighted by molar-refractivity contribution is 7.90. The first-order chi connectivity index (χ1) is 17.9. The maximum absolute atomic E-state index is 12.5. The predicted octanol–water partition coefficient (Wildman–Crippen LogP) is 3.78. The number of fused-ring (bicyclic) bond motifs is 1. The molecule has 1 aliphatic carbocycles. The van der Waals surface area contributed by atoms with Crippen molar-refractivity contribution >= 4 is 32.7 Å². The van der Waals surface area contributed by atoms with Gasteiger partial charge in [-0.3, -0.25) is 4.72 Å². The summed E-state index contributed by atoms with van der Waals surface area (Å²) in [5.74, 6) is 1.18. The van der Waals surface area contributed by atoms with E-state index in [9.17, 15) is 8.42 Å². The van der Waals surface area contributed by atoms with Crippen molar-refractivity contribution in [1.29, 1.82) is 0 Å². The molecule has 10 heteroatoms. The molecule has 0 bridgehead atoms. The Hall–Kier alpha value is -3.47. The highest BCUT2D eigenvalue weighted by atomic mass is 32.2. The first-order valence-electron chi connectivity index (χ1n) is 12.7. The first kappa shape index (κ1) is 23.9. The second kappa shape index (κ2) is 9.77. The summed E-state index contributed by atoms with van der Waals surface area (Å²) in [5, 5.41) is 0.845. The van der Waals surface area contributed by atoms with Gasteiger partial charge in [-0.25, -0.2) is 9.97 Å². The van der Waals surface area contributed by atoms with Gasteiger partial charge in [-0.1, -0.05) is 36.4 Å². The number of nitrogens with zero attached hydrogens (tertiary/aromatic N) is 4. The van der Waals surface area contributed by atoms with E-state index in [4.69, 9.17) is 5.73 Å². The van der Waals surface area contributed by atoms with Crippen molar-refractivity contribution < 1.29 is 8.42 Å². The van der Waals surface area contributed by atoms with Gasteiger partial charge in [0, 0.05) is 36.6 Å². The van der Waals surface area contributed by atoms with Crippen LogP contribution in [0.25, 0.3) is 22.2 Å². The number of para-hydroxylation sites is 1. The summed E-state index contributed by atoms with van der Waals surface area (Å²) in [7, 11) is -3.71. The number of rotatable bonds is 9. The fourth-order valence-electron chi connectivity index (χ4n) is 5.34. The van der Waals surface area contributed by atoms with Gasteiger partial charge < -0.3 is 15.2 Å². The molecular weight excluding hydrogens is 486 g/mol. The van der Waals surface area contributed by atoms with Crippen molar-refractivity contribution in [2.75, 3.05) is 30.1 Å². The van der Waals surface area contributed by atoms with E-state index in [1.54, 1.807) is 24.3 Å². The summed E-state index contributed by atoms with van der Waals surface area (Å²) >= 11 is 0. The lowest BCUT2D eigenvalue weighted by atomic mass is 9.79. The molecule has 4 aromatic rings. The third kappa shape index (κ3) is 5.04. The summed E-state index contributed by atoms with van der Waals surface area (Å²) in [4.78, 5) is 11.4. The molecule has 1 saturated carbocycles. The van der Waals surface area contributed by atoms with Gasteiger partial charge in [0.1, 0.15) is 17.8 Å². The Bertz CT molecular complexity index is 1510. The number of likely N-dealkylation sites (tertiary alicyclic amines) is 1. The highest BCUT2D eigenvalue weighted by Gasteiger charge is 2.34. The molecule has 0 radical (unpaired) electrons. The molecule has 192 valence electrons. The zero-order chi connectivity index (χ0) is 25.4. The Labute approximate surface area is 216 Å². The van der Waals surface area contributed by atoms with Crippen LogP contribution in [0.4, 0.5) is 11.5 Å². The van der Waals surface area contributed by atoms with Gasteiger partial charge in [0.2, 0.25) is 0 Å². The molecule has 37 heavy (non-hydrogen) atoms. The van der Waals surface area contributed by atoms with Gasteiger partial charge in [0.25, 0.3) is 10.2 Å². The van der Waals surface area contributed by atoms with Crippen LogP contribution in [-0.2, 0) is 16.8 Å². The number of aromatic nitrogens is 3. The molecule has 3 heterocycles. The van der Waals surface area contributed by atoms with Crippen LogP contribution in [-0.4, -0.2) is 47.5 Å². The van der Waals surface area contributed by atoms with Crippen molar-refractivity contribution in [3.05, 3.63) is 72.7 Å². The fourth-order valence-corrected chi connectivity index (χ4v) is 6.21. The Morgan fingerprint density at radius 2 is 1.84 bits per heavy atom. The Morgan fingerprint density at radius 1 is 1.03 bits per heavy atom. The molecule has 0 atom stereocenters. The van der Waals surface area contributed by atoms with Gasteiger partial charge in [0.15, 0.2) is 0 Å². The smallest absolute Gasteiger partial charge is 0.299 e. The van der Waals surface area contributed by atoms with Gasteiger partial charge in [-0.15, -0.1) is 0 Å². The topological polar surface area (TPSA) is 118 Å². The average Bonchev–Trinajstić information content (AvgIpc) is 3.22. The van der Waals surface area contributed by atoms with Crippen LogP contribution in [0.1, 0.15) is 30.9 Å². The third-order valence-electron chi connectivity index (χ3n) is 7.44. The van der Waals surface area contributed by atoms with Crippen LogP contribution in [0.2, 0.25) is 0 Å². The molecule has 9 nitrogen and oxygen atoms in total. The molecule has 2 aromatic heterocycles. The summed E-state index contributed by atoms with van der Waals surface area (Å²) in [5.41, 5.74) is 10.5. The van der Waals surface area contributed by atoms with E-state index in [1.165, 1.54) is 32.4 Å². The molecule has 1 saturated heterocycles. The molecule has 1 aliphatic heterocycles. The lowest BCUT2D eigenvalue weighted by Crippen LogP contribution is -2.43. The van der Waals surface area contributed by atoms with Crippen LogP contribution in [0.5, 0.6) is 0 Å². The number of nitrogens with two attached hydrogens (primary N) is 1. The SMILES string of the molecule is Nc1ncnc2c1c(-c1cccc(CNS(=O)(=O)Nc3ccccc3)c1)cn2C1CC(CN2CCC2)C1. The minimum absolute atomic E-state index is 0.154. The predicted molar refractivity (Wildman–Crippen MR) is 146 cm³/mol. The quantitative estimate of drug-likeness (QED) is 0.311. The van der Waals surface area contributed by atoms with Crippen molar-refractivity contribution in [2.45, 2.75) is 31.8 Å². The van der Waals surface area contributed by atoms with Crippen LogP contribution in [0, 0.1) is 5.92 Å². The van der Waals surface area contributed by atoms with E-state index < -0.39 is 10.2 Å². The highest BCUT2D eigenvalue weighted by Crippen LogP contribution is 2.43. The zero-order valence-electron chi connectivity index (χ0n) is 20.5. The van der Waals surface area contributed by atoms with E-state index in [-0.39, 0.29) is 6.54 Å². The van der Waals surface area contributed by atoms with E-state index in [1.807, 2.05) is 30.3 Å². The minimum atomic E-state index is -3.71. The normalized spacial score (nSPS) is 19.9. The van der Waals surface area contributed by atoms with E-state index in [0.29, 0.717) is 17.5 Å². The van der Waals surface area contributed by atoms with Gasteiger partial charge >= 0.3 is 0 Å². The Kier molecular flexibility index (Phi) is 6.31. The first-order valence-corrected chi connectivity index (χ1v) is 14.2. The molecular formula is C27H31N7O2S. The summed E-state index contributed by atoms with van der Waals surface area (Å²) < 4.78 is 32.5.